The first-order chi connectivity index (χ1) is 8.08. The topological polar surface area (TPSA) is 108 Å². The van der Waals surface area contributed by atoms with Crippen LogP contribution in [0.2, 0.25) is 0 Å². The highest BCUT2D eigenvalue weighted by Gasteiger charge is 2.12. The molecule has 0 aliphatic heterocycles. The Bertz CT molecular complexity index is 493. The Hall–Kier alpha value is -2.62. The zero-order valence-corrected chi connectivity index (χ0v) is 9.06. The minimum atomic E-state index is -0.556. The number of nitro benzene ring substituents is 1. The van der Waals surface area contributed by atoms with Gasteiger partial charge in [-0.3, -0.25) is 14.9 Å². The average Bonchev–Trinajstić information content (AvgIpc) is 2.29. The monoisotopic (exact) mass is 234 g/mol. The van der Waals surface area contributed by atoms with E-state index in [1.807, 2.05) is 0 Å². The van der Waals surface area contributed by atoms with Crippen LogP contribution < -0.4 is 10.6 Å². The van der Waals surface area contributed by atoms with Crippen molar-refractivity contribution in [2.75, 3.05) is 17.7 Å². The summed E-state index contributed by atoms with van der Waals surface area (Å²) in [5, 5.41) is 24.2. The second kappa shape index (κ2) is 5.46. The van der Waals surface area contributed by atoms with E-state index in [2.05, 4.69) is 10.6 Å². The summed E-state index contributed by atoms with van der Waals surface area (Å²) in [6, 6.07) is 5.74. The van der Waals surface area contributed by atoms with Gasteiger partial charge in [0, 0.05) is 19.2 Å². The van der Waals surface area contributed by atoms with Gasteiger partial charge in [0.2, 0.25) is 5.91 Å². The number of carbonyl (C=O) groups excluding carboxylic acids is 1. The maximum Gasteiger partial charge on any atom is 0.271 e. The van der Waals surface area contributed by atoms with Gasteiger partial charge in [0.1, 0.15) is 6.42 Å². The summed E-state index contributed by atoms with van der Waals surface area (Å²) in [6.45, 7) is 0. The molecule has 7 nitrogen and oxygen atoms in total. The maximum absolute atomic E-state index is 11.2. The number of nitrogens with zero attached hydrogens (tertiary/aromatic N) is 2. The molecule has 0 fully saturated rings. The van der Waals surface area contributed by atoms with Gasteiger partial charge in [0.25, 0.3) is 5.69 Å². The van der Waals surface area contributed by atoms with Gasteiger partial charge in [0.05, 0.1) is 22.4 Å². The molecule has 1 rings (SSSR count). The molecule has 0 spiro atoms. The molecule has 0 atom stereocenters. The lowest BCUT2D eigenvalue weighted by molar-refractivity contribution is -0.384. The van der Waals surface area contributed by atoms with Crippen LogP contribution in [-0.4, -0.2) is 17.9 Å². The highest BCUT2D eigenvalue weighted by atomic mass is 16.6. The molecular weight excluding hydrogens is 224 g/mol. The van der Waals surface area contributed by atoms with E-state index in [0.29, 0.717) is 5.69 Å². The van der Waals surface area contributed by atoms with Gasteiger partial charge in [-0.1, -0.05) is 0 Å². The molecule has 0 aliphatic rings. The van der Waals surface area contributed by atoms with Crippen LogP contribution in [-0.2, 0) is 4.79 Å². The Morgan fingerprint density at radius 3 is 2.76 bits per heavy atom. The van der Waals surface area contributed by atoms with E-state index in [1.165, 1.54) is 18.2 Å². The zero-order valence-electron chi connectivity index (χ0n) is 9.06. The Morgan fingerprint density at radius 2 is 2.24 bits per heavy atom. The number of benzene rings is 1. The van der Waals surface area contributed by atoms with Gasteiger partial charge in [-0.2, -0.15) is 5.26 Å². The smallest absolute Gasteiger partial charge is 0.271 e. The Morgan fingerprint density at radius 1 is 1.53 bits per heavy atom. The molecule has 0 saturated heterocycles. The Labute approximate surface area is 97.2 Å². The number of nitro groups is 1. The zero-order chi connectivity index (χ0) is 12.8. The van der Waals surface area contributed by atoms with Crippen LogP contribution in [0.15, 0.2) is 18.2 Å². The van der Waals surface area contributed by atoms with E-state index in [1.54, 1.807) is 13.1 Å². The maximum atomic E-state index is 11.2. The third kappa shape index (κ3) is 3.17. The molecule has 88 valence electrons. The van der Waals surface area contributed by atoms with Crippen molar-refractivity contribution in [2.45, 2.75) is 6.42 Å². The highest BCUT2D eigenvalue weighted by molar-refractivity contribution is 5.95. The van der Waals surface area contributed by atoms with Crippen molar-refractivity contribution in [3.63, 3.8) is 0 Å². The fraction of sp³-hybridized carbons (Fsp3) is 0.200. The summed E-state index contributed by atoms with van der Waals surface area (Å²) < 4.78 is 0. The molecule has 0 radical (unpaired) electrons. The number of nitriles is 1. The summed E-state index contributed by atoms with van der Waals surface area (Å²) in [7, 11) is 1.63. The lowest BCUT2D eigenvalue weighted by atomic mass is 10.2. The summed E-state index contributed by atoms with van der Waals surface area (Å²) in [4.78, 5) is 21.3. The molecule has 1 aromatic carbocycles. The summed E-state index contributed by atoms with van der Waals surface area (Å²) >= 11 is 0. The van der Waals surface area contributed by atoms with Crippen molar-refractivity contribution in [1.82, 2.24) is 0 Å². The second-order valence-electron chi connectivity index (χ2n) is 3.12. The van der Waals surface area contributed by atoms with Crippen molar-refractivity contribution in [2.24, 2.45) is 0 Å². The highest BCUT2D eigenvalue weighted by Crippen LogP contribution is 2.26. The van der Waals surface area contributed by atoms with E-state index < -0.39 is 10.8 Å². The van der Waals surface area contributed by atoms with Crippen molar-refractivity contribution in [3.05, 3.63) is 28.3 Å². The third-order valence-corrected chi connectivity index (χ3v) is 2.00. The molecule has 0 heterocycles. The SMILES string of the molecule is CNc1ccc([N+](=O)[O-])cc1NC(=O)CC#N. The largest absolute Gasteiger partial charge is 0.386 e. The molecule has 1 amide bonds. The molecule has 0 aliphatic carbocycles. The van der Waals surface area contributed by atoms with Crippen molar-refractivity contribution in [3.8, 4) is 6.07 Å². The summed E-state index contributed by atoms with van der Waals surface area (Å²) in [5.74, 6) is -0.510. The van der Waals surface area contributed by atoms with Gasteiger partial charge in [-0.15, -0.1) is 0 Å². The normalized spacial score (nSPS) is 9.18. The van der Waals surface area contributed by atoms with Crippen molar-refractivity contribution < 1.29 is 9.72 Å². The predicted octanol–water partition coefficient (Wildman–Crippen LogP) is 1.49. The van der Waals surface area contributed by atoms with Gasteiger partial charge < -0.3 is 10.6 Å². The summed E-state index contributed by atoms with van der Waals surface area (Å²) in [6.07, 6.45) is -0.300. The van der Waals surface area contributed by atoms with Crippen LogP contribution in [0.5, 0.6) is 0 Å². The molecule has 2 N–H and O–H groups in total. The third-order valence-electron chi connectivity index (χ3n) is 2.00. The number of hydrogen-bond donors (Lipinski definition) is 2. The standard InChI is InChI=1S/C10H10N4O3/c1-12-8-3-2-7(14(16)17)6-9(8)13-10(15)4-5-11/h2-3,6,12H,4H2,1H3,(H,13,15). The van der Waals surface area contributed by atoms with Crippen LogP contribution >= 0.6 is 0 Å². The molecule has 7 heteroatoms. The van der Waals surface area contributed by atoms with Crippen LogP contribution in [0.25, 0.3) is 0 Å². The number of anilines is 2. The lowest BCUT2D eigenvalue weighted by Gasteiger charge is -2.09. The molecule has 17 heavy (non-hydrogen) atoms. The van der Waals surface area contributed by atoms with Gasteiger partial charge >= 0.3 is 0 Å². The minimum absolute atomic E-state index is 0.128. The van der Waals surface area contributed by atoms with Crippen molar-refractivity contribution >= 4 is 23.0 Å². The fourth-order valence-electron chi connectivity index (χ4n) is 1.23. The first-order valence-corrected chi connectivity index (χ1v) is 4.71. The van der Waals surface area contributed by atoms with Crippen molar-refractivity contribution in [1.29, 1.82) is 5.26 Å². The molecule has 0 aromatic heterocycles. The van der Waals surface area contributed by atoms with Crippen LogP contribution in [0, 0.1) is 21.4 Å². The Kier molecular flexibility index (Phi) is 4.00. The van der Waals surface area contributed by atoms with Crippen LogP contribution in [0.4, 0.5) is 17.1 Å². The van der Waals surface area contributed by atoms with E-state index in [0.717, 1.165) is 0 Å². The van der Waals surface area contributed by atoms with E-state index in [-0.39, 0.29) is 17.8 Å². The first kappa shape index (κ1) is 12.4. The van der Waals surface area contributed by atoms with Gasteiger partial charge in [-0.25, -0.2) is 0 Å². The number of amides is 1. The van der Waals surface area contributed by atoms with Crippen LogP contribution in [0.3, 0.4) is 0 Å². The quantitative estimate of drug-likeness (QED) is 0.606. The fourth-order valence-corrected chi connectivity index (χ4v) is 1.23. The first-order valence-electron chi connectivity index (χ1n) is 4.71. The predicted molar refractivity (Wildman–Crippen MR) is 61.5 cm³/mol. The van der Waals surface area contributed by atoms with Gasteiger partial charge in [-0.05, 0) is 6.07 Å². The van der Waals surface area contributed by atoms with E-state index >= 15 is 0 Å². The molecule has 0 unspecified atom stereocenters. The molecule has 0 saturated carbocycles. The number of nitrogens with one attached hydrogen (secondary N) is 2. The Balaban J connectivity index is 3.02. The van der Waals surface area contributed by atoms with Gasteiger partial charge in [0.15, 0.2) is 0 Å². The lowest BCUT2D eigenvalue weighted by Crippen LogP contribution is -2.11. The van der Waals surface area contributed by atoms with Crippen LogP contribution in [0.1, 0.15) is 6.42 Å². The number of non-ortho nitro benzene ring substituents is 1. The second-order valence-corrected chi connectivity index (χ2v) is 3.12. The minimum Gasteiger partial charge on any atom is -0.386 e. The van der Waals surface area contributed by atoms with E-state index in [4.69, 9.17) is 5.26 Å². The molecule has 0 bridgehead atoms. The number of carbonyl (C=O) groups is 1. The molecule has 1 aromatic rings. The summed E-state index contributed by atoms with van der Waals surface area (Å²) in [5.41, 5.74) is 0.695. The number of rotatable bonds is 4. The van der Waals surface area contributed by atoms with E-state index in [9.17, 15) is 14.9 Å². The number of hydrogen-bond acceptors (Lipinski definition) is 5. The molecular formula is C10H10N4O3. The average molecular weight is 234 g/mol.